The molecule has 0 bridgehead atoms. The van der Waals surface area contributed by atoms with E-state index in [-0.39, 0.29) is 5.38 Å². The second-order valence-electron chi connectivity index (χ2n) is 3.45. The van der Waals surface area contributed by atoms with Gasteiger partial charge in [-0.15, -0.1) is 11.6 Å². The summed E-state index contributed by atoms with van der Waals surface area (Å²) in [5.41, 5.74) is 3.01. The van der Waals surface area contributed by atoms with Crippen molar-refractivity contribution in [1.29, 1.82) is 0 Å². The van der Waals surface area contributed by atoms with Gasteiger partial charge in [0.05, 0.1) is 5.38 Å². The van der Waals surface area contributed by atoms with E-state index in [0.717, 1.165) is 6.61 Å². The van der Waals surface area contributed by atoms with E-state index in [1.807, 2.05) is 6.92 Å². The van der Waals surface area contributed by atoms with Crippen LogP contribution in [-0.4, -0.2) is 12.0 Å². The summed E-state index contributed by atoms with van der Waals surface area (Å²) in [4.78, 5) is 0. The molecule has 1 unspecified atom stereocenters. The fraction of sp³-hybridized carbons (Fsp3) is 0.636. The monoisotopic (exact) mass is 247 g/mol. The summed E-state index contributed by atoms with van der Waals surface area (Å²) in [6.45, 7) is 2.78. The van der Waals surface area contributed by atoms with Gasteiger partial charge in [0.25, 0.3) is 0 Å². The van der Waals surface area contributed by atoms with Crippen LogP contribution in [0.3, 0.4) is 0 Å². The van der Waals surface area contributed by atoms with Gasteiger partial charge < -0.3 is 0 Å². The van der Waals surface area contributed by atoms with Gasteiger partial charge >= 0.3 is 37.7 Å². The van der Waals surface area contributed by atoms with Crippen molar-refractivity contribution < 1.29 is 24.1 Å². The standard InChI is InChI=1S/C9H11Cl.C2H5O.Ti/c10-9-6-5-7-3-1-2-4-8(7)9;1-2-3;/h5-6,9H,1-4H2;2H2,1H3;/q;-1;+1. The number of hydrogen-bond acceptors (Lipinski definition) is 1. The van der Waals surface area contributed by atoms with E-state index in [1.54, 1.807) is 20.8 Å². The van der Waals surface area contributed by atoms with Crippen LogP contribution in [0.4, 0.5) is 0 Å². The minimum Gasteiger partial charge on any atom is -0.114 e. The molecular weight excluding hydrogens is 231 g/mol. The van der Waals surface area contributed by atoms with Gasteiger partial charge in [0, 0.05) is 0 Å². The molecule has 14 heavy (non-hydrogen) atoms. The molecule has 0 aromatic carbocycles. The van der Waals surface area contributed by atoms with E-state index in [4.69, 9.17) is 11.6 Å². The number of alkyl halides is 1. The van der Waals surface area contributed by atoms with Gasteiger partial charge in [-0.05, 0) is 36.8 Å². The van der Waals surface area contributed by atoms with Crippen molar-refractivity contribution in [2.75, 3.05) is 6.61 Å². The molecule has 0 spiro atoms. The molecule has 0 aromatic rings. The summed E-state index contributed by atoms with van der Waals surface area (Å²) >= 11 is 7.72. The Bertz CT molecular complexity index is 233. The largest absolute Gasteiger partial charge is 0.114 e. The molecule has 1 atom stereocenters. The van der Waals surface area contributed by atoms with Crippen molar-refractivity contribution in [1.82, 2.24) is 0 Å². The molecule has 3 heteroatoms. The van der Waals surface area contributed by atoms with Crippen molar-refractivity contribution in [3.63, 3.8) is 0 Å². The van der Waals surface area contributed by atoms with Crippen LogP contribution < -0.4 is 0 Å². The summed E-state index contributed by atoms with van der Waals surface area (Å²) in [6, 6.07) is 0. The van der Waals surface area contributed by atoms with Crippen LogP contribution in [0.2, 0.25) is 0 Å². The SMILES string of the molecule is CC[O][Ti].ClC1C=CC2=C1CCCC2. The summed E-state index contributed by atoms with van der Waals surface area (Å²) in [5, 5.41) is 0.232. The predicted molar refractivity (Wildman–Crippen MR) is 55.9 cm³/mol. The Kier molecular flexibility index (Phi) is 6.12. The van der Waals surface area contributed by atoms with Crippen molar-refractivity contribution in [2.24, 2.45) is 0 Å². The fourth-order valence-corrected chi connectivity index (χ4v) is 2.10. The predicted octanol–water partition coefficient (Wildman–Crippen LogP) is 3.52. The third kappa shape index (κ3) is 3.54. The van der Waals surface area contributed by atoms with Crippen LogP contribution in [0.15, 0.2) is 23.3 Å². The van der Waals surface area contributed by atoms with E-state index >= 15 is 0 Å². The van der Waals surface area contributed by atoms with Crippen LogP contribution in [0.1, 0.15) is 32.6 Å². The number of rotatable bonds is 1. The molecular formula is C11H16ClOTi. The smallest absolute Gasteiger partial charge is 0.0735 e. The Labute approximate surface area is 103 Å². The fourth-order valence-electron chi connectivity index (χ4n) is 1.77. The second-order valence-corrected chi connectivity index (χ2v) is 4.37. The average Bonchev–Trinajstić information content (AvgIpc) is 2.62. The Morgan fingerprint density at radius 2 is 2.14 bits per heavy atom. The maximum Gasteiger partial charge on any atom is 0.0735 e. The van der Waals surface area contributed by atoms with Crippen LogP contribution in [0.5, 0.6) is 0 Å². The first kappa shape index (κ1) is 12.5. The third-order valence-corrected chi connectivity index (χ3v) is 3.36. The van der Waals surface area contributed by atoms with E-state index < -0.39 is 0 Å². The zero-order valence-electron chi connectivity index (χ0n) is 8.55. The van der Waals surface area contributed by atoms with Crippen LogP contribution in [0, 0.1) is 0 Å². The quantitative estimate of drug-likeness (QED) is 0.509. The van der Waals surface area contributed by atoms with Crippen LogP contribution >= 0.6 is 11.6 Å². The summed E-state index contributed by atoms with van der Waals surface area (Å²) in [7, 11) is 0. The van der Waals surface area contributed by atoms with Crippen LogP contribution in [0.25, 0.3) is 0 Å². The maximum atomic E-state index is 6.04. The van der Waals surface area contributed by atoms with E-state index in [0.29, 0.717) is 0 Å². The minimum atomic E-state index is 0.232. The number of hydrogen-bond donors (Lipinski definition) is 0. The summed E-state index contributed by atoms with van der Waals surface area (Å²) < 4.78 is 4.54. The maximum absolute atomic E-state index is 6.04. The molecule has 0 amide bonds. The molecule has 0 saturated heterocycles. The van der Waals surface area contributed by atoms with Gasteiger partial charge in [0.2, 0.25) is 0 Å². The Morgan fingerprint density at radius 3 is 2.71 bits per heavy atom. The van der Waals surface area contributed by atoms with Gasteiger partial charge in [0.1, 0.15) is 0 Å². The van der Waals surface area contributed by atoms with Gasteiger partial charge in [-0.1, -0.05) is 12.2 Å². The molecule has 0 aliphatic heterocycles. The molecule has 77 valence electrons. The number of allylic oxidation sites excluding steroid dienone is 4. The second kappa shape index (κ2) is 6.84. The van der Waals surface area contributed by atoms with Crippen molar-refractivity contribution in [3.8, 4) is 0 Å². The molecule has 0 aromatic heterocycles. The molecule has 1 nitrogen and oxygen atoms in total. The van der Waals surface area contributed by atoms with E-state index in [2.05, 4.69) is 15.5 Å². The Balaban J connectivity index is 0.000000213. The Morgan fingerprint density at radius 1 is 1.50 bits per heavy atom. The summed E-state index contributed by atoms with van der Waals surface area (Å²) in [5.74, 6) is 0. The van der Waals surface area contributed by atoms with E-state index in [9.17, 15) is 0 Å². The minimum absolute atomic E-state index is 0.232. The molecule has 0 N–H and O–H groups in total. The first-order chi connectivity index (χ1) is 6.79. The molecule has 2 rings (SSSR count). The topological polar surface area (TPSA) is 9.23 Å². The molecule has 0 saturated carbocycles. The first-order valence-corrected chi connectivity index (χ1v) is 6.19. The van der Waals surface area contributed by atoms with Gasteiger partial charge in [0.15, 0.2) is 0 Å². The van der Waals surface area contributed by atoms with Crippen molar-refractivity contribution >= 4 is 11.6 Å². The van der Waals surface area contributed by atoms with Crippen LogP contribution in [-0.2, 0) is 24.1 Å². The molecule has 2 aliphatic carbocycles. The van der Waals surface area contributed by atoms with Crippen molar-refractivity contribution in [3.05, 3.63) is 23.3 Å². The van der Waals surface area contributed by atoms with E-state index in [1.165, 1.54) is 36.8 Å². The Hall–Kier alpha value is 0.444. The number of halogens is 1. The van der Waals surface area contributed by atoms with Gasteiger partial charge in [-0.25, -0.2) is 0 Å². The van der Waals surface area contributed by atoms with Crippen molar-refractivity contribution in [2.45, 2.75) is 38.0 Å². The van der Waals surface area contributed by atoms with Gasteiger partial charge in [-0.2, -0.15) is 0 Å². The zero-order valence-corrected chi connectivity index (χ0v) is 10.9. The summed E-state index contributed by atoms with van der Waals surface area (Å²) in [6.07, 6.45) is 9.49. The normalized spacial score (nSPS) is 24.2. The third-order valence-electron chi connectivity index (χ3n) is 2.50. The molecule has 0 fully saturated rings. The average molecular weight is 248 g/mol. The zero-order chi connectivity index (χ0) is 10.4. The molecule has 2 aliphatic rings. The molecule has 0 heterocycles. The van der Waals surface area contributed by atoms with Gasteiger partial charge in [-0.3, -0.25) is 0 Å². The molecule has 0 radical (unpaired) electrons. The first-order valence-electron chi connectivity index (χ1n) is 5.12.